The number of amides is 1. The van der Waals surface area contributed by atoms with E-state index in [9.17, 15) is 4.79 Å². The smallest absolute Gasteiger partial charge is 0.257 e. The molecule has 136 valence electrons. The van der Waals surface area contributed by atoms with Crippen LogP contribution in [0, 0.1) is 10.5 Å². The summed E-state index contributed by atoms with van der Waals surface area (Å²) in [6.07, 6.45) is 5.29. The number of carbonyl (C=O) groups excluding carboxylic acids is 1. The third-order valence-electron chi connectivity index (χ3n) is 4.38. The van der Waals surface area contributed by atoms with E-state index >= 15 is 0 Å². The lowest BCUT2D eigenvalue weighted by molar-refractivity contribution is 0.102. The molecule has 7 heteroatoms. The summed E-state index contributed by atoms with van der Waals surface area (Å²) < 4.78 is 1.11. The number of halogens is 1. The fourth-order valence-electron chi connectivity index (χ4n) is 3.15. The maximum Gasteiger partial charge on any atom is 0.257 e. The van der Waals surface area contributed by atoms with Crippen LogP contribution in [0.3, 0.4) is 0 Å². The first kappa shape index (κ1) is 18.2. The van der Waals surface area contributed by atoms with Crippen molar-refractivity contribution in [3.63, 3.8) is 0 Å². The second-order valence-corrected chi connectivity index (χ2v) is 8.49. The van der Waals surface area contributed by atoms with Crippen LogP contribution in [0.2, 0.25) is 0 Å². The average Bonchev–Trinajstić information content (AvgIpc) is 3.03. The summed E-state index contributed by atoms with van der Waals surface area (Å²) in [5, 5.41) is 5.32. The lowest BCUT2D eigenvalue weighted by atomic mass is 10.1. The second kappa shape index (κ2) is 7.47. The van der Waals surface area contributed by atoms with Gasteiger partial charge in [0.2, 0.25) is 0 Å². The van der Waals surface area contributed by atoms with Gasteiger partial charge in [-0.2, -0.15) is 0 Å². The number of nitrogens with zero attached hydrogens (tertiary/aromatic N) is 2. The number of hydrogen-bond donors (Lipinski definition) is 2. The van der Waals surface area contributed by atoms with Gasteiger partial charge in [0.05, 0.1) is 28.5 Å². The number of hydrogen-bond acceptors (Lipinski definition) is 4. The van der Waals surface area contributed by atoms with E-state index in [1.54, 1.807) is 36.3 Å². The van der Waals surface area contributed by atoms with E-state index < -0.39 is 0 Å². The van der Waals surface area contributed by atoms with Crippen LogP contribution in [-0.2, 0) is 0 Å². The molecule has 3 heterocycles. The predicted octanol–water partition coefficient (Wildman–Crippen LogP) is 5.39. The van der Waals surface area contributed by atoms with Crippen molar-refractivity contribution in [2.45, 2.75) is 18.7 Å². The summed E-state index contributed by atoms with van der Waals surface area (Å²) >= 11 is 4.06. The highest BCUT2D eigenvalue weighted by Gasteiger charge is 2.19. The van der Waals surface area contributed by atoms with E-state index in [0.29, 0.717) is 11.3 Å². The Morgan fingerprint density at radius 1 is 1.30 bits per heavy atom. The first-order valence-electron chi connectivity index (χ1n) is 8.53. The van der Waals surface area contributed by atoms with Crippen LogP contribution in [0.5, 0.6) is 0 Å². The minimum Gasteiger partial charge on any atom is -0.352 e. The fourth-order valence-corrected chi connectivity index (χ4v) is 4.98. The Kier molecular flexibility index (Phi) is 5.05. The summed E-state index contributed by atoms with van der Waals surface area (Å²) in [5.74, 6) is 0.761. The molecule has 2 N–H and O–H groups in total. The number of anilines is 1. The van der Waals surface area contributed by atoms with Gasteiger partial charge in [-0.1, -0.05) is 6.92 Å². The van der Waals surface area contributed by atoms with Crippen molar-refractivity contribution < 1.29 is 4.79 Å². The van der Waals surface area contributed by atoms with E-state index in [-0.39, 0.29) is 5.91 Å². The number of thioether (sulfide) groups is 1. The monoisotopic (exact) mass is 488 g/mol. The number of carbonyl (C=O) groups is 1. The van der Waals surface area contributed by atoms with E-state index in [2.05, 4.69) is 55.8 Å². The molecule has 27 heavy (non-hydrogen) atoms. The van der Waals surface area contributed by atoms with Crippen molar-refractivity contribution in [3.05, 3.63) is 57.7 Å². The molecule has 4 rings (SSSR count). The normalized spacial score (nSPS) is 11.2. The van der Waals surface area contributed by atoms with E-state index in [1.807, 2.05) is 19.2 Å². The van der Waals surface area contributed by atoms with Crippen molar-refractivity contribution in [2.75, 3.05) is 11.1 Å². The highest BCUT2D eigenvalue weighted by molar-refractivity contribution is 14.1. The average molecular weight is 488 g/mol. The van der Waals surface area contributed by atoms with Crippen LogP contribution < -0.4 is 5.32 Å². The Morgan fingerprint density at radius 2 is 2.15 bits per heavy atom. The first-order chi connectivity index (χ1) is 13.1. The van der Waals surface area contributed by atoms with E-state index in [0.717, 1.165) is 41.7 Å². The highest BCUT2D eigenvalue weighted by atomic mass is 127. The van der Waals surface area contributed by atoms with Gasteiger partial charge < -0.3 is 10.3 Å². The number of aromatic amines is 1. The molecule has 1 amide bonds. The molecule has 0 aliphatic rings. The molecule has 0 spiro atoms. The zero-order valence-electron chi connectivity index (χ0n) is 14.8. The van der Waals surface area contributed by atoms with Gasteiger partial charge in [-0.25, -0.2) is 0 Å². The topological polar surface area (TPSA) is 70.7 Å². The molecule has 0 saturated heterocycles. The Bertz CT molecular complexity index is 1170. The van der Waals surface area contributed by atoms with Crippen LogP contribution in [0.4, 0.5) is 5.69 Å². The van der Waals surface area contributed by atoms with Gasteiger partial charge in [0.1, 0.15) is 0 Å². The second-order valence-electron chi connectivity index (χ2n) is 6.05. The maximum atomic E-state index is 13.0. The van der Waals surface area contributed by atoms with Crippen molar-refractivity contribution in [2.24, 2.45) is 0 Å². The van der Waals surface area contributed by atoms with Gasteiger partial charge in [0.25, 0.3) is 5.91 Å². The number of fused-ring (bicyclic) bond motifs is 3. The van der Waals surface area contributed by atoms with Crippen LogP contribution in [0.25, 0.3) is 21.8 Å². The highest BCUT2D eigenvalue weighted by Crippen LogP contribution is 2.40. The van der Waals surface area contributed by atoms with Crippen LogP contribution in [0.1, 0.15) is 23.0 Å². The Morgan fingerprint density at radius 3 is 2.93 bits per heavy atom. The molecular weight excluding hydrogens is 471 g/mol. The van der Waals surface area contributed by atoms with Crippen molar-refractivity contribution >= 4 is 67.8 Å². The minimum atomic E-state index is -0.154. The number of aryl methyl sites for hydroxylation is 1. The van der Waals surface area contributed by atoms with Gasteiger partial charge in [-0.05, 0) is 59.5 Å². The molecule has 3 aromatic heterocycles. The zero-order valence-corrected chi connectivity index (χ0v) is 17.8. The summed E-state index contributed by atoms with van der Waals surface area (Å²) in [6, 6.07) is 7.73. The predicted molar refractivity (Wildman–Crippen MR) is 120 cm³/mol. The van der Waals surface area contributed by atoms with Gasteiger partial charge in [-0.15, -0.1) is 11.8 Å². The van der Waals surface area contributed by atoms with Crippen molar-refractivity contribution in [3.8, 4) is 0 Å². The number of H-pyrrole nitrogens is 1. The molecule has 0 saturated carbocycles. The molecule has 0 atom stereocenters. The van der Waals surface area contributed by atoms with Gasteiger partial charge in [0, 0.05) is 37.3 Å². The summed E-state index contributed by atoms with van der Waals surface area (Å²) in [7, 11) is 0. The van der Waals surface area contributed by atoms with Gasteiger partial charge in [0.15, 0.2) is 0 Å². The molecule has 0 aliphatic heterocycles. The molecule has 0 unspecified atom stereocenters. The van der Waals surface area contributed by atoms with E-state index in [4.69, 9.17) is 0 Å². The molecule has 1 aromatic carbocycles. The van der Waals surface area contributed by atoms with Crippen molar-refractivity contribution in [1.29, 1.82) is 0 Å². The van der Waals surface area contributed by atoms with Gasteiger partial charge >= 0.3 is 0 Å². The van der Waals surface area contributed by atoms with Crippen LogP contribution >= 0.6 is 34.4 Å². The SMILES string of the molecule is CCSc1c(I)cc2c([nH]c3cnccc32)c1NC(=O)c1cccnc1C. The van der Waals surface area contributed by atoms with Crippen LogP contribution in [-0.4, -0.2) is 26.6 Å². The molecule has 0 radical (unpaired) electrons. The summed E-state index contributed by atoms with van der Waals surface area (Å²) in [5.41, 5.74) is 3.98. The minimum absolute atomic E-state index is 0.154. The molecule has 0 bridgehead atoms. The third kappa shape index (κ3) is 3.29. The third-order valence-corrected chi connectivity index (χ3v) is 6.60. The van der Waals surface area contributed by atoms with E-state index in [1.165, 1.54) is 0 Å². The number of nitrogens with one attached hydrogen (secondary N) is 2. The summed E-state index contributed by atoms with van der Waals surface area (Å²) in [4.78, 5) is 25.9. The number of rotatable bonds is 4. The van der Waals surface area contributed by atoms with Crippen molar-refractivity contribution in [1.82, 2.24) is 15.0 Å². The quantitative estimate of drug-likeness (QED) is 0.299. The number of benzene rings is 1. The lowest BCUT2D eigenvalue weighted by Gasteiger charge is -2.14. The summed E-state index contributed by atoms with van der Waals surface area (Å²) in [6.45, 7) is 3.95. The Labute approximate surface area is 174 Å². The van der Waals surface area contributed by atoms with Gasteiger partial charge in [-0.3, -0.25) is 14.8 Å². The molecule has 0 aliphatic carbocycles. The molecule has 0 fully saturated rings. The standard InChI is InChI=1S/C20H17IN4OS/c1-3-27-19-15(21)9-14-13-6-8-22-10-16(13)24-17(14)18(19)25-20(26)12-5-4-7-23-11(12)2/h4-10,24H,3H2,1-2H3,(H,25,26). The fraction of sp³-hybridized carbons (Fsp3) is 0.150. The largest absolute Gasteiger partial charge is 0.352 e. The number of aromatic nitrogens is 3. The lowest BCUT2D eigenvalue weighted by Crippen LogP contribution is -2.15. The Hall–Kier alpha value is -2.13. The Balaban J connectivity index is 1.92. The molecule has 5 nitrogen and oxygen atoms in total. The molecule has 4 aromatic rings. The zero-order chi connectivity index (χ0) is 19.0. The first-order valence-corrected chi connectivity index (χ1v) is 10.6. The van der Waals surface area contributed by atoms with Crippen LogP contribution in [0.15, 0.2) is 47.8 Å². The maximum absolute atomic E-state index is 13.0. The number of pyridine rings is 2. The molecular formula is C20H17IN4OS.